The van der Waals surface area contributed by atoms with Crippen molar-refractivity contribution in [2.75, 3.05) is 4.90 Å². The van der Waals surface area contributed by atoms with Gasteiger partial charge in [-0.15, -0.1) is 11.3 Å². The molecular weight excluding hydrogens is 300 g/mol. The van der Waals surface area contributed by atoms with Crippen LogP contribution in [-0.4, -0.2) is 0 Å². The molecule has 114 valence electrons. The predicted molar refractivity (Wildman–Crippen MR) is 98.3 cm³/mol. The first-order valence-electron chi connectivity index (χ1n) is 7.75. The summed E-state index contributed by atoms with van der Waals surface area (Å²) in [6.07, 6.45) is 2.36. The molecule has 0 saturated carbocycles. The van der Waals surface area contributed by atoms with Gasteiger partial charge < -0.3 is 10.2 Å². The number of benzene rings is 2. The zero-order valence-corrected chi connectivity index (χ0v) is 13.8. The van der Waals surface area contributed by atoms with Gasteiger partial charge in [-0.05, 0) is 36.8 Å². The molecule has 0 radical (unpaired) electrons. The zero-order chi connectivity index (χ0) is 15.6. The third-order valence-electron chi connectivity index (χ3n) is 4.01. The van der Waals surface area contributed by atoms with Crippen LogP contribution in [0.25, 0.3) is 5.70 Å². The van der Waals surface area contributed by atoms with Crippen LogP contribution < -0.4 is 10.2 Å². The monoisotopic (exact) mass is 318 g/mol. The second-order valence-electron chi connectivity index (χ2n) is 5.65. The highest BCUT2D eigenvalue weighted by molar-refractivity contribution is 7.12. The van der Waals surface area contributed by atoms with E-state index in [1.807, 2.05) is 17.4 Å². The van der Waals surface area contributed by atoms with Gasteiger partial charge in [-0.1, -0.05) is 48.5 Å². The number of thiophene rings is 1. The SMILES string of the molecule is Cc1ccc(C2NC(c3ccccc3)=CN2c2ccccc2)s1. The Morgan fingerprint density at radius 3 is 2.22 bits per heavy atom. The Kier molecular flexibility index (Phi) is 3.64. The van der Waals surface area contributed by atoms with Gasteiger partial charge in [-0.3, -0.25) is 0 Å². The molecule has 1 atom stereocenters. The maximum Gasteiger partial charge on any atom is 0.139 e. The molecule has 1 aliphatic heterocycles. The van der Waals surface area contributed by atoms with E-state index in [2.05, 4.69) is 90.1 Å². The molecule has 0 saturated heterocycles. The number of para-hydroxylation sites is 1. The molecule has 0 bridgehead atoms. The normalized spacial score (nSPS) is 17.0. The smallest absolute Gasteiger partial charge is 0.139 e. The number of hydrogen-bond donors (Lipinski definition) is 1. The summed E-state index contributed by atoms with van der Waals surface area (Å²) in [4.78, 5) is 4.98. The number of nitrogens with one attached hydrogen (secondary N) is 1. The maximum atomic E-state index is 3.68. The Morgan fingerprint density at radius 2 is 1.57 bits per heavy atom. The quantitative estimate of drug-likeness (QED) is 0.717. The van der Waals surface area contributed by atoms with Crippen LogP contribution in [0.15, 0.2) is 79.0 Å². The van der Waals surface area contributed by atoms with Crippen LogP contribution in [0.4, 0.5) is 5.69 Å². The predicted octanol–water partition coefficient (Wildman–Crippen LogP) is 5.16. The summed E-state index contributed by atoms with van der Waals surface area (Å²) in [6, 6.07) is 25.4. The van der Waals surface area contributed by atoms with Crippen LogP contribution in [0.2, 0.25) is 0 Å². The van der Waals surface area contributed by atoms with Crippen molar-refractivity contribution < 1.29 is 0 Å². The van der Waals surface area contributed by atoms with Gasteiger partial charge in [-0.25, -0.2) is 0 Å². The summed E-state index contributed by atoms with van der Waals surface area (Å²) in [5.41, 5.74) is 3.57. The number of nitrogens with zero attached hydrogens (tertiary/aromatic N) is 1. The topological polar surface area (TPSA) is 15.3 Å². The summed E-state index contributed by atoms with van der Waals surface area (Å²) in [6.45, 7) is 2.15. The third-order valence-corrected chi connectivity index (χ3v) is 5.06. The minimum atomic E-state index is 0.145. The molecule has 1 unspecified atom stereocenters. The number of aryl methyl sites for hydroxylation is 1. The second kappa shape index (κ2) is 5.94. The minimum Gasteiger partial charge on any atom is -0.359 e. The van der Waals surface area contributed by atoms with E-state index in [-0.39, 0.29) is 6.17 Å². The molecule has 2 aromatic carbocycles. The summed E-state index contributed by atoms with van der Waals surface area (Å²) in [5, 5.41) is 3.68. The Balaban J connectivity index is 1.75. The molecule has 23 heavy (non-hydrogen) atoms. The Morgan fingerprint density at radius 1 is 0.870 bits per heavy atom. The maximum absolute atomic E-state index is 3.68. The molecule has 2 heterocycles. The molecule has 1 aliphatic rings. The molecule has 3 aromatic rings. The number of hydrogen-bond acceptors (Lipinski definition) is 3. The molecule has 0 aliphatic carbocycles. The van der Waals surface area contributed by atoms with Crippen LogP contribution in [0.1, 0.15) is 21.5 Å². The largest absolute Gasteiger partial charge is 0.359 e. The van der Waals surface area contributed by atoms with Crippen LogP contribution in [0.5, 0.6) is 0 Å². The fourth-order valence-corrected chi connectivity index (χ4v) is 3.80. The summed E-state index contributed by atoms with van der Waals surface area (Å²) < 4.78 is 0. The molecule has 1 aromatic heterocycles. The van der Waals surface area contributed by atoms with Crippen LogP contribution in [-0.2, 0) is 0 Å². The van der Waals surface area contributed by atoms with Crippen molar-refractivity contribution in [1.82, 2.24) is 5.32 Å². The first-order chi connectivity index (χ1) is 11.3. The van der Waals surface area contributed by atoms with E-state index in [0.717, 1.165) is 5.70 Å². The zero-order valence-electron chi connectivity index (χ0n) is 12.9. The summed E-state index contributed by atoms with van der Waals surface area (Å²) >= 11 is 1.84. The van der Waals surface area contributed by atoms with Crippen molar-refractivity contribution >= 4 is 22.7 Å². The highest BCUT2D eigenvalue weighted by Crippen LogP contribution is 2.36. The van der Waals surface area contributed by atoms with Crippen molar-refractivity contribution in [2.45, 2.75) is 13.1 Å². The average Bonchev–Trinajstić information content (AvgIpc) is 3.23. The highest BCUT2D eigenvalue weighted by Gasteiger charge is 2.27. The van der Waals surface area contributed by atoms with Crippen molar-refractivity contribution in [3.8, 4) is 0 Å². The highest BCUT2D eigenvalue weighted by atomic mass is 32.1. The van der Waals surface area contributed by atoms with Gasteiger partial charge in [0.25, 0.3) is 0 Å². The molecule has 0 spiro atoms. The van der Waals surface area contributed by atoms with E-state index in [0.29, 0.717) is 0 Å². The minimum absolute atomic E-state index is 0.145. The standard InChI is InChI=1S/C20H18N2S/c1-15-12-13-19(23-15)20-21-18(16-8-4-2-5-9-16)14-22(20)17-10-6-3-7-11-17/h2-14,20-21H,1H3. The van der Waals surface area contributed by atoms with E-state index in [1.165, 1.54) is 21.0 Å². The van der Waals surface area contributed by atoms with Gasteiger partial charge >= 0.3 is 0 Å². The molecular formula is C20H18N2S. The van der Waals surface area contributed by atoms with Crippen molar-refractivity contribution in [3.63, 3.8) is 0 Å². The van der Waals surface area contributed by atoms with Crippen molar-refractivity contribution in [2.24, 2.45) is 0 Å². The Hall–Kier alpha value is -2.52. The lowest BCUT2D eigenvalue weighted by Gasteiger charge is -2.24. The third kappa shape index (κ3) is 2.76. The lowest BCUT2D eigenvalue weighted by atomic mass is 10.2. The lowest BCUT2D eigenvalue weighted by Crippen LogP contribution is -2.26. The lowest BCUT2D eigenvalue weighted by molar-refractivity contribution is 0.688. The Bertz CT molecular complexity index is 821. The number of rotatable bonds is 3. The summed E-state index contributed by atoms with van der Waals surface area (Å²) in [5.74, 6) is 0. The van der Waals surface area contributed by atoms with Gasteiger partial charge in [0.15, 0.2) is 0 Å². The first-order valence-corrected chi connectivity index (χ1v) is 8.56. The fraction of sp³-hybridized carbons (Fsp3) is 0.100. The molecule has 3 heteroatoms. The van der Waals surface area contributed by atoms with E-state index < -0.39 is 0 Å². The molecule has 2 nitrogen and oxygen atoms in total. The van der Waals surface area contributed by atoms with E-state index in [1.54, 1.807) is 0 Å². The van der Waals surface area contributed by atoms with Gasteiger partial charge in [0, 0.05) is 21.6 Å². The summed E-state index contributed by atoms with van der Waals surface area (Å²) in [7, 11) is 0. The van der Waals surface area contributed by atoms with E-state index >= 15 is 0 Å². The molecule has 0 fully saturated rings. The van der Waals surface area contributed by atoms with Crippen LogP contribution in [0.3, 0.4) is 0 Å². The molecule has 0 amide bonds. The van der Waals surface area contributed by atoms with Crippen molar-refractivity contribution in [3.05, 3.63) is 94.3 Å². The molecule has 1 N–H and O–H groups in total. The Labute approximate surface area is 140 Å². The molecule has 4 rings (SSSR count). The van der Waals surface area contributed by atoms with E-state index in [9.17, 15) is 0 Å². The number of anilines is 1. The van der Waals surface area contributed by atoms with E-state index in [4.69, 9.17) is 0 Å². The van der Waals surface area contributed by atoms with Gasteiger partial charge in [0.1, 0.15) is 6.17 Å². The van der Waals surface area contributed by atoms with Gasteiger partial charge in [-0.2, -0.15) is 0 Å². The average molecular weight is 318 g/mol. The van der Waals surface area contributed by atoms with Crippen LogP contribution in [0, 0.1) is 6.92 Å². The van der Waals surface area contributed by atoms with Gasteiger partial charge in [0.05, 0.1) is 5.70 Å². The fourth-order valence-electron chi connectivity index (χ4n) is 2.88. The van der Waals surface area contributed by atoms with Crippen LogP contribution >= 0.6 is 11.3 Å². The van der Waals surface area contributed by atoms with Crippen molar-refractivity contribution in [1.29, 1.82) is 0 Å². The second-order valence-corrected chi connectivity index (χ2v) is 6.97. The first kappa shape index (κ1) is 14.1. The van der Waals surface area contributed by atoms with Gasteiger partial charge in [0.2, 0.25) is 0 Å².